The van der Waals surface area contributed by atoms with Crippen LogP contribution in [0.3, 0.4) is 0 Å². The smallest absolute Gasteiger partial charge is 0.145 e. The van der Waals surface area contributed by atoms with E-state index in [-0.39, 0.29) is 0 Å². The Bertz CT molecular complexity index is 364. The minimum Gasteiger partial charge on any atom is -0.366 e. The van der Waals surface area contributed by atoms with Gasteiger partial charge in [0, 0.05) is 6.04 Å². The second-order valence-electron chi connectivity index (χ2n) is 4.60. The number of aromatic nitrogens is 2. The summed E-state index contributed by atoms with van der Waals surface area (Å²) in [7, 11) is 0. The third-order valence-corrected chi connectivity index (χ3v) is 3.49. The highest BCUT2D eigenvalue weighted by Crippen LogP contribution is 2.27. The van der Waals surface area contributed by atoms with Gasteiger partial charge in [0.05, 0.1) is 17.6 Å². The predicted octanol–water partition coefficient (Wildman–Crippen LogP) is 1.63. The number of aryl methyl sites for hydroxylation is 2. The summed E-state index contributed by atoms with van der Waals surface area (Å²) in [5, 5.41) is 3.46. The second-order valence-corrected chi connectivity index (χ2v) is 4.60. The van der Waals surface area contributed by atoms with Gasteiger partial charge in [-0.05, 0) is 39.2 Å². The van der Waals surface area contributed by atoms with Crippen molar-refractivity contribution in [2.24, 2.45) is 11.7 Å². The zero-order chi connectivity index (χ0) is 11.5. The molecule has 0 amide bonds. The van der Waals surface area contributed by atoms with E-state index in [1.165, 1.54) is 19.3 Å². The Kier molecular flexibility index (Phi) is 3.39. The molecule has 0 bridgehead atoms. The minimum absolute atomic E-state index is 0.474. The largest absolute Gasteiger partial charge is 0.366 e. The van der Waals surface area contributed by atoms with Crippen LogP contribution in [0, 0.1) is 19.8 Å². The van der Waals surface area contributed by atoms with Crippen LogP contribution in [0.4, 0.5) is 5.82 Å². The van der Waals surface area contributed by atoms with Gasteiger partial charge in [-0.25, -0.2) is 4.98 Å². The number of nitrogens with zero attached hydrogens (tertiary/aromatic N) is 2. The van der Waals surface area contributed by atoms with Crippen LogP contribution in [0.5, 0.6) is 0 Å². The highest BCUT2D eigenvalue weighted by atomic mass is 15.0. The molecule has 1 heterocycles. The molecule has 1 aliphatic carbocycles. The maximum Gasteiger partial charge on any atom is 0.145 e. The summed E-state index contributed by atoms with van der Waals surface area (Å²) in [5.74, 6) is 1.47. The van der Waals surface area contributed by atoms with Crippen molar-refractivity contribution in [2.45, 2.75) is 39.2 Å². The number of nitrogens with two attached hydrogens (primary N) is 1. The third-order valence-electron chi connectivity index (χ3n) is 3.49. The molecule has 1 fully saturated rings. The zero-order valence-corrected chi connectivity index (χ0v) is 10.0. The highest BCUT2D eigenvalue weighted by molar-refractivity contribution is 5.35. The first-order chi connectivity index (χ1) is 7.70. The normalized spacial score (nSPS) is 24.7. The van der Waals surface area contributed by atoms with Gasteiger partial charge in [0.1, 0.15) is 5.82 Å². The molecule has 0 aliphatic heterocycles. The molecule has 88 valence electrons. The van der Waals surface area contributed by atoms with Crippen LogP contribution in [-0.4, -0.2) is 22.6 Å². The molecule has 4 heteroatoms. The van der Waals surface area contributed by atoms with Crippen molar-refractivity contribution < 1.29 is 0 Å². The minimum atomic E-state index is 0.474. The molecule has 4 nitrogen and oxygen atoms in total. The summed E-state index contributed by atoms with van der Waals surface area (Å²) in [6, 6.07) is 0.474. The molecule has 0 saturated heterocycles. The fourth-order valence-corrected chi connectivity index (χ4v) is 2.31. The predicted molar refractivity (Wildman–Crippen MR) is 65.3 cm³/mol. The Labute approximate surface area is 96.7 Å². The molecular weight excluding hydrogens is 200 g/mol. The van der Waals surface area contributed by atoms with E-state index >= 15 is 0 Å². The number of hydrogen-bond acceptors (Lipinski definition) is 4. The lowest BCUT2D eigenvalue weighted by molar-refractivity contribution is 0.515. The monoisotopic (exact) mass is 220 g/mol. The summed E-state index contributed by atoms with van der Waals surface area (Å²) < 4.78 is 0. The van der Waals surface area contributed by atoms with Crippen LogP contribution < -0.4 is 11.1 Å². The molecule has 16 heavy (non-hydrogen) atoms. The molecule has 1 aromatic rings. The van der Waals surface area contributed by atoms with Gasteiger partial charge in [0.25, 0.3) is 0 Å². The summed E-state index contributed by atoms with van der Waals surface area (Å²) in [5.41, 5.74) is 7.74. The molecule has 2 atom stereocenters. The lowest BCUT2D eigenvalue weighted by Crippen LogP contribution is -2.29. The number of hydrogen-bond donors (Lipinski definition) is 2. The quantitative estimate of drug-likeness (QED) is 0.812. The zero-order valence-electron chi connectivity index (χ0n) is 10.0. The highest BCUT2D eigenvalue weighted by Gasteiger charge is 2.26. The lowest BCUT2D eigenvalue weighted by atomic mass is 10.0. The van der Waals surface area contributed by atoms with E-state index in [1.807, 2.05) is 20.0 Å². The topological polar surface area (TPSA) is 63.8 Å². The number of anilines is 1. The average Bonchev–Trinajstić information content (AvgIpc) is 2.71. The van der Waals surface area contributed by atoms with E-state index in [0.717, 1.165) is 23.8 Å². The van der Waals surface area contributed by atoms with E-state index in [2.05, 4.69) is 15.3 Å². The number of nitrogens with one attached hydrogen (secondary N) is 1. The SMILES string of the molecule is Cc1ncc(NC2CCCC2CN)nc1C. The van der Waals surface area contributed by atoms with Crippen molar-refractivity contribution in [3.63, 3.8) is 0 Å². The maximum absolute atomic E-state index is 5.76. The van der Waals surface area contributed by atoms with Crippen LogP contribution in [0.2, 0.25) is 0 Å². The molecule has 0 aromatic carbocycles. The molecule has 2 unspecified atom stereocenters. The molecule has 1 saturated carbocycles. The van der Waals surface area contributed by atoms with Gasteiger partial charge in [0.15, 0.2) is 0 Å². The van der Waals surface area contributed by atoms with Crippen molar-refractivity contribution in [2.75, 3.05) is 11.9 Å². The van der Waals surface area contributed by atoms with Crippen LogP contribution in [0.1, 0.15) is 30.7 Å². The fraction of sp³-hybridized carbons (Fsp3) is 0.667. The Morgan fingerprint density at radius 1 is 1.38 bits per heavy atom. The van der Waals surface area contributed by atoms with Gasteiger partial charge in [-0.15, -0.1) is 0 Å². The van der Waals surface area contributed by atoms with Gasteiger partial charge in [-0.3, -0.25) is 4.98 Å². The first-order valence-electron chi connectivity index (χ1n) is 5.97. The Hall–Kier alpha value is -1.16. The molecule has 0 spiro atoms. The number of rotatable bonds is 3. The third kappa shape index (κ3) is 2.32. The van der Waals surface area contributed by atoms with Gasteiger partial charge < -0.3 is 11.1 Å². The van der Waals surface area contributed by atoms with E-state index in [0.29, 0.717) is 12.0 Å². The summed E-state index contributed by atoms with van der Waals surface area (Å²) in [4.78, 5) is 8.81. The van der Waals surface area contributed by atoms with E-state index in [9.17, 15) is 0 Å². The van der Waals surface area contributed by atoms with Gasteiger partial charge in [-0.1, -0.05) is 6.42 Å². The van der Waals surface area contributed by atoms with E-state index in [4.69, 9.17) is 5.73 Å². The molecule has 0 radical (unpaired) electrons. The van der Waals surface area contributed by atoms with Crippen LogP contribution in [0.15, 0.2) is 6.20 Å². The van der Waals surface area contributed by atoms with Crippen LogP contribution >= 0.6 is 0 Å². The van der Waals surface area contributed by atoms with E-state index in [1.54, 1.807) is 0 Å². The van der Waals surface area contributed by atoms with Gasteiger partial charge in [0.2, 0.25) is 0 Å². The first-order valence-corrected chi connectivity index (χ1v) is 5.97. The van der Waals surface area contributed by atoms with Crippen molar-refractivity contribution >= 4 is 5.82 Å². The standard InChI is InChI=1S/C12H20N4/c1-8-9(2)15-12(7-14-8)16-11-5-3-4-10(11)6-13/h7,10-11H,3-6,13H2,1-2H3,(H,15,16). The summed E-state index contributed by atoms with van der Waals surface area (Å²) >= 11 is 0. The van der Waals surface area contributed by atoms with Crippen LogP contribution in [-0.2, 0) is 0 Å². The molecule has 3 N–H and O–H groups in total. The van der Waals surface area contributed by atoms with Crippen LogP contribution in [0.25, 0.3) is 0 Å². The average molecular weight is 220 g/mol. The van der Waals surface area contributed by atoms with Crippen molar-refractivity contribution in [1.82, 2.24) is 9.97 Å². The Morgan fingerprint density at radius 2 is 2.19 bits per heavy atom. The van der Waals surface area contributed by atoms with E-state index < -0.39 is 0 Å². The second kappa shape index (κ2) is 4.78. The fourth-order valence-electron chi connectivity index (χ4n) is 2.31. The van der Waals surface area contributed by atoms with Gasteiger partial charge in [-0.2, -0.15) is 0 Å². The molecule has 1 aliphatic rings. The molecule has 2 rings (SSSR count). The molecular formula is C12H20N4. The van der Waals surface area contributed by atoms with Crippen molar-refractivity contribution in [1.29, 1.82) is 0 Å². The summed E-state index contributed by atoms with van der Waals surface area (Å²) in [6.07, 6.45) is 5.49. The summed E-state index contributed by atoms with van der Waals surface area (Å²) in [6.45, 7) is 4.73. The van der Waals surface area contributed by atoms with Crippen molar-refractivity contribution in [3.8, 4) is 0 Å². The Morgan fingerprint density at radius 3 is 2.88 bits per heavy atom. The first kappa shape index (κ1) is 11.3. The van der Waals surface area contributed by atoms with Gasteiger partial charge >= 0.3 is 0 Å². The molecule has 1 aromatic heterocycles. The lowest BCUT2D eigenvalue weighted by Gasteiger charge is -2.20. The van der Waals surface area contributed by atoms with Crippen molar-refractivity contribution in [3.05, 3.63) is 17.6 Å². The maximum atomic E-state index is 5.76. The Balaban J connectivity index is 2.05.